The van der Waals surface area contributed by atoms with Gasteiger partial charge in [-0.3, -0.25) is 4.79 Å². The average Bonchev–Trinajstić information content (AvgIpc) is 2.43. The Balaban J connectivity index is 2.21. The van der Waals surface area contributed by atoms with Gasteiger partial charge >= 0.3 is 0 Å². The molecule has 0 aliphatic carbocycles. The summed E-state index contributed by atoms with van der Waals surface area (Å²) >= 11 is 15.6. The summed E-state index contributed by atoms with van der Waals surface area (Å²) in [6.07, 6.45) is 0. The number of amides is 1. The van der Waals surface area contributed by atoms with E-state index in [0.29, 0.717) is 22.2 Å². The maximum Gasteiger partial charge on any atom is 0.255 e. The van der Waals surface area contributed by atoms with E-state index < -0.39 is 0 Å². The van der Waals surface area contributed by atoms with Gasteiger partial charge in [0.25, 0.3) is 5.91 Å². The smallest absolute Gasteiger partial charge is 0.255 e. The molecule has 0 saturated heterocycles. The lowest BCUT2D eigenvalue weighted by Crippen LogP contribution is -2.26. The third-order valence-electron chi connectivity index (χ3n) is 3.14. The molecule has 0 spiro atoms. The zero-order valence-corrected chi connectivity index (χ0v) is 14.8. The molecule has 0 unspecified atom stereocenters. The number of carbonyl (C=O) groups excluding carboxylic acids is 1. The maximum absolute atomic E-state index is 12.5. The van der Waals surface area contributed by atoms with Gasteiger partial charge in [-0.1, -0.05) is 41.4 Å². The minimum atomic E-state index is -0.0714. The highest BCUT2D eigenvalue weighted by Crippen LogP contribution is 2.27. The highest BCUT2D eigenvalue weighted by molar-refractivity contribution is 9.10. The summed E-state index contributed by atoms with van der Waals surface area (Å²) in [7, 11) is 1.74. The summed E-state index contributed by atoms with van der Waals surface area (Å²) in [5.41, 5.74) is 2.54. The van der Waals surface area contributed by atoms with E-state index in [-0.39, 0.29) is 5.91 Å². The fraction of sp³-hybridized carbons (Fsp3) is 0.188. The van der Waals surface area contributed by atoms with E-state index in [9.17, 15) is 4.79 Å². The monoisotopic (exact) mass is 385 g/mol. The molecule has 110 valence electrons. The van der Waals surface area contributed by atoms with Crippen molar-refractivity contribution in [2.75, 3.05) is 7.05 Å². The Hall–Kier alpha value is -1.03. The molecule has 2 nitrogen and oxygen atoms in total. The van der Waals surface area contributed by atoms with Crippen molar-refractivity contribution in [2.45, 2.75) is 13.5 Å². The Morgan fingerprint density at radius 3 is 2.62 bits per heavy atom. The van der Waals surface area contributed by atoms with Crippen LogP contribution in [0.2, 0.25) is 10.0 Å². The molecule has 0 radical (unpaired) electrons. The van der Waals surface area contributed by atoms with Gasteiger partial charge in [0.1, 0.15) is 0 Å². The molecular weight excluding hydrogens is 373 g/mol. The predicted octanol–water partition coefficient (Wildman–Crippen LogP) is 5.34. The second-order valence-corrected chi connectivity index (χ2v) is 6.50. The average molecular weight is 387 g/mol. The topological polar surface area (TPSA) is 20.3 Å². The van der Waals surface area contributed by atoms with Crippen LogP contribution >= 0.6 is 39.1 Å². The van der Waals surface area contributed by atoms with Crippen LogP contribution in [0.1, 0.15) is 21.5 Å². The Morgan fingerprint density at radius 2 is 1.95 bits per heavy atom. The third-order valence-corrected chi connectivity index (χ3v) is 4.65. The SMILES string of the molecule is Cc1ccc(C(=O)N(C)Cc2cccc(Cl)c2Cl)c(Br)c1. The Morgan fingerprint density at radius 1 is 1.24 bits per heavy atom. The Kier molecular flexibility index (Phi) is 5.31. The van der Waals surface area contributed by atoms with E-state index in [1.54, 1.807) is 18.0 Å². The van der Waals surface area contributed by atoms with Crippen molar-refractivity contribution in [3.05, 3.63) is 67.6 Å². The van der Waals surface area contributed by atoms with Crippen LogP contribution < -0.4 is 0 Å². The lowest BCUT2D eigenvalue weighted by molar-refractivity contribution is 0.0784. The van der Waals surface area contributed by atoms with E-state index >= 15 is 0 Å². The summed E-state index contributed by atoms with van der Waals surface area (Å²) in [6, 6.07) is 11.1. The van der Waals surface area contributed by atoms with Gasteiger partial charge in [-0.2, -0.15) is 0 Å². The number of benzene rings is 2. The van der Waals surface area contributed by atoms with E-state index in [0.717, 1.165) is 15.6 Å². The molecule has 0 saturated carbocycles. The molecule has 0 aliphatic heterocycles. The second kappa shape index (κ2) is 6.82. The van der Waals surface area contributed by atoms with E-state index in [2.05, 4.69) is 15.9 Å². The summed E-state index contributed by atoms with van der Waals surface area (Å²) in [4.78, 5) is 14.1. The molecule has 2 aromatic carbocycles. The van der Waals surface area contributed by atoms with Crippen LogP contribution in [0.3, 0.4) is 0 Å². The number of carbonyl (C=O) groups is 1. The largest absolute Gasteiger partial charge is 0.337 e. The molecule has 5 heteroatoms. The van der Waals surface area contributed by atoms with Gasteiger partial charge in [0.15, 0.2) is 0 Å². The number of rotatable bonds is 3. The van der Waals surface area contributed by atoms with Crippen molar-refractivity contribution in [2.24, 2.45) is 0 Å². The van der Waals surface area contributed by atoms with Gasteiger partial charge < -0.3 is 4.90 Å². The van der Waals surface area contributed by atoms with Crippen molar-refractivity contribution in [3.63, 3.8) is 0 Å². The summed E-state index contributed by atoms with van der Waals surface area (Å²) in [6.45, 7) is 2.38. The quantitative estimate of drug-likeness (QED) is 0.697. The molecule has 2 rings (SSSR count). The molecule has 0 bridgehead atoms. The molecule has 21 heavy (non-hydrogen) atoms. The molecule has 0 N–H and O–H groups in total. The van der Waals surface area contributed by atoms with Gasteiger partial charge in [0.2, 0.25) is 0 Å². The normalized spacial score (nSPS) is 10.5. The van der Waals surface area contributed by atoms with E-state index in [1.807, 2.05) is 37.3 Å². The van der Waals surface area contributed by atoms with Crippen molar-refractivity contribution < 1.29 is 4.79 Å². The van der Waals surface area contributed by atoms with E-state index in [4.69, 9.17) is 23.2 Å². The van der Waals surface area contributed by atoms with Crippen LogP contribution in [-0.2, 0) is 6.54 Å². The van der Waals surface area contributed by atoms with Gasteiger partial charge in [-0.25, -0.2) is 0 Å². The maximum atomic E-state index is 12.5. The fourth-order valence-electron chi connectivity index (χ4n) is 2.00. The van der Waals surface area contributed by atoms with Crippen LogP contribution in [0.5, 0.6) is 0 Å². The third kappa shape index (κ3) is 3.79. The predicted molar refractivity (Wildman–Crippen MR) is 91.1 cm³/mol. The van der Waals surface area contributed by atoms with Crippen LogP contribution in [-0.4, -0.2) is 17.9 Å². The zero-order valence-electron chi connectivity index (χ0n) is 11.7. The Labute approximate surface area is 142 Å². The number of aryl methyl sites for hydroxylation is 1. The van der Waals surface area contributed by atoms with Crippen LogP contribution in [0.25, 0.3) is 0 Å². The summed E-state index contributed by atoms with van der Waals surface area (Å²) in [5, 5.41) is 0.980. The fourth-order valence-corrected chi connectivity index (χ4v) is 3.04. The first-order valence-electron chi connectivity index (χ1n) is 6.34. The molecule has 1 amide bonds. The number of halogens is 3. The highest BCUT2D eigenvalue weighted by atomic mass is 79.9. The second-order valence-electron chi connectivity index (χ2n) is 4.86. The van der Waals surface area contributed by atoms with E-state index in [1.165, 1.54) is 0 Å². The minimum absolute atomic E-state index is 0.0714. The molecule has 2 aromatic rings. The number of hydrogen-bond acceptors (Lipinski definition) is 1. The zero-order chi connectivity index (χ0) is 15.6. The summed E-state index contributed by atoms with van der Waals surface area (Å²) in [5.74, 6) is -0.0714. The first-order chi connectivity index (χ1) is 9.90. The first kappa shape index (κ1) is 16.3. The first-order valence-corrected chi connectivity index (χ1v) is 7.89. The highest BCUT2D eigenvalue weighted by Gasteiger charge is 2.16. The van der Waals surface area contributed by atoms with Gasteiger partial charge in [0, 0.05) is 18.1 Å². The molecule has 0 aromatic heterocycles. The molecule has 0 fully saturated rings. The molecule has 0 atom stereocenters. The molecular formula is C16H14BrCl2NO. The standard InChI is InChI=1S/C16H14BrCl2NO/c1-10-6-7-12(13(17)8-10)16(21)20(2)9-11-4-3-5-14(18)15(11)19/h3-8H,9H2,1-2H3. The van der Waals surface area contributed by atoms with Crippen LogP contribution in [0.15, 0.2) is 40.9 Å². The number of hydrogen-bond donors (Lipinski definition) is 0. The van der Waals surface area contributed by atoms with Crippen LogP contribution in [0, 0.1) is 6.92 Å². The Bertz CT molecular complexity index is 688. The lowest BCUT2D eigenvalue weighted by Gasteiger charge is -2.19. The molecule has 0 heterocycles. The van der Waals surface area contributed by atoms with Gasteiger partial charge in [0.05, 0.1) is 15.6 Å². The summed E-state index contributed by atoms with van der Waals surface area (Å²) < 4.78 is 0.788. The molecule has 0 aliphatic rings. The van der Waals surface area contributed by atoms with Crippen molar-refractivity contribution in [1.29, 1.82) is 0 Å². The van der Waals surface area contributed by atoms with Gasteiger partial charge in [-0.05, 0) is 52.2 Å². The lowest BCUT2D eigenvalue weighted by atomic mass is 10.1. The number of nitrogens with zero attached hydrogens (tertiary/aromatic N) is 1. The van der Waals surface area contributed by atoms with Crippen LogP contribution in [0.4, 0.5) is 0 Å². The van der Waals surface area contributed by atoms with Crippen molar-refractivity contribution in [3.8, 4) is 0 Å². The van der Waals surface area contributed by atoms with Gasteiger partial charge in [-0.15, -0.1) is 0 Å². The van der Waals surface area contributed by atoms with Crippen molar-refractivity contribution in [1.82, 2.24) is 4.90 Å². The minimum Gasteiger partial charge on any atom is -0.337 e. The van der Waals surface area contributed by atoms with Crippen molar-refractivity contribution >= 4 is 45.0 Å².